The molecule has 0 aliphatic heterocycles. The molecular formula is C14H15NO2S3. The van der Waals surface area contributed by atoms with E-state index in [1.807, 2.05) is 24.4 Å². The van der Waals surface area contributed by atoms with Gasteiger partial charge in [0.25, 0.3) is 0 Å². The summed E-state index contributed by atoms with van der Waals surface area (Å²) in [7, 11) is -3.35. The molecule has 106 valence electrons. The number of nitrogens with one attached hydrogen (secondary N) is 1. The molecule has 1 aromatic heterocycles. The van der Waals surface area contributed by atoms with Gasteiger partial charge in [0.1, 0.15) is 5.88 Å². The number of rotatable bonds is 5. The van der Waals surface area contributed by atoms with Gasteiger partial charge in [0, 0.05) is 11.3 Å². The Morgan fingerprint density at radius 1 is 1.25 bits per heavy atom. The molecule has 1 aromatic carbocycles. The Hall–Kier alpha value is -1.24. The molecule has 0 fully saturated rings. The minimum atomic E-state index is -3.35. The number of benzene rings is 1. The molecule has 0 aliphatic carbocycles. The Morgan fingerprint density at radius 2 is 1.95 bits per heavy atom. The maximum absolute atomic E-state index is 12.1. The zero-order valence-electron chi connectivity index (χ0n) is 11.0. The van der Waals surface area contributed by atoms with Crippen LogP contribution >= 0.6 is 23.6 Å². The summed E-state index contributed by atoms with van der Waals surface area (Å²) in [5, 5.41) is 4.80. The third-order valence-corrected chi connectivity index (χ3v) is 5.43. The highest BCUT2D eigenvalue weighted by Gasteiger charge is 2.14. The summed E-state index contributed by atoms with van der Waals surface area (Å²) in [5.41, 5.74) is 1.03. The van der Waals surface area contributed by atoms with Crippen molar-refractivity contribution in [3.8, 4) is 0 Å². The fourth-order valence-corrected chi connectivity index (χ4v) is 3.85. The molecule has 0 radical (unpaired) electrons. The molecule has 0 bridgehead atoms. The first-order chi connectivity index (χ1) is 9.47. The SMILES string of the molecule is Cc1ccc(S(=O)(=O)CNC(=S)Cc2cccs2)cc1. The van der Waals surface area contributed by atoms with Crippen molar-refractivity contribution in [2.24, 2.45) is 0 Å². The molecule has 3 nitrogen and oxygen atoms in total. The van der Waals surface area contributed by atoms with Gasteiger partial charge in [0.2, 0.25) is 0 Å². The first-order valence-electron chi connectivity index (χ1n) is 6.06. The summed E-state index contributed by atoms with van der Waals surface area (Å²) < 4.78 is 24.3. The smallest absolute Gasteiger partial charge is 0.196 e. The van der Waals surface area contributed by atoms with E-state index in [1.165, 1.54) is 0 Å². The third kappa shape index (κ3) is 4.13. The van der Waals surface area contributed by atoms with E-state index in [0.29, 0.717) is 16.3 Å². The molecule has 6 heteroatoms. The number of hydrogen-bond acceptors (Lipinski definition) is 4. The molecule has 0 amide bonds. The second-order valence-electron chi connectivity index (χ2n) is 4.43. The molecule has 1 heterocycles. The van der Waals surface area contributed by atoms with Crippen LogP contribution in [0.25, 0.3) is 0 Å². The number of sulfone groups is 1. The lowest BCUT2D eigenvalue weighted by molar-refractivity contribution is 0.594. The van der Waals surface area contributed by atoms with Crippen molar-refractivity contribution in [1.29, 1.82) is 0 Å². The second kappa shape index (κ2) is 6.47. The van der Waals surface area contributed by atoms with Gasteiger partial charge < -0.3 is 5.32 Å². The van der Waals surface area contributed by atoms with Crippen molar-refractivity contribution in [2.45, 2.75) is 18.2 Å². The topological polar surface area (TPSA) is 46.2 Å². The van der Waals surface area contributed by atoms with Crippen LogP contribution in [0.5, 0.6) is 0 Å². The van der Waals surface area contributed by atoms with Gasteiger partial charge in [-0.1, -0.05) is 36.0 Å². The quantitative estimate of drug-likeness (QED) is 0.859. The maximum Gasteiger partial charge on any atom is 0.196 e. The molecule has 0 aliphatic rings. The van der Waals surface area contributed by atoms with Crippen molar-refractivity contribution < 1.29 is 8.42 Å². The number of hydrogen-bond donors (Lipinski definition) is 1. The predicted molar refractivity (Wildman–Crippen MR) is 87.0 cm³/mol. The highest BCUT2D eigenvalue weighted by atomic mass is 32.2. The summed E-state index contributed by atoms with van der Waals surface area (Å²) in [4.78, 5) is 1.98. The molecule has 0 spiro atoms. The molecule has 0 unspecified atom stereocenters. The van der Waals surface area contributed by atoms with E-state index in [4.69, 9.17) is 12.2 Å². The van der Waals surface area contributed by atoms with E-state index in [9.17, 15) is 8.42 Å². The summed E-state index contributed by atoms with van der Waals surface area (Å²) in [6, 6.07) is 10.7. The van der Waals surface area contributed by atoms with Crippen LogP contribution in [0.3, 0.4) is 0 Å². The van der Waals surface area contributed by atoms with Gasteiger partial charge in [-0.3, -0.25) is 0 Å². The van der Waals surface area contributed by atoms with Crippen molar-refractivity contribution >= 4 is 38.4 Å². The van der Waals surface area contributed by atoms with Gasteiger partial charge in [0.05, 0.1) is 9.88 Å². The van der Waals surface area contributed by atoms with Gasteiger partial charge >= 0.3 is 0 Å². The monoisotopic (exact) mass is 325 g/mol. The molecule has 0 saturated heterocycles. The maximum atomic E-state index is 12.1. The van der Waals surface area contributed by atoms with E-state index in [0.717, 1.165) is 10.4 Å². The Bertz CT molecular complexity index is 674. The lowest BCUT2D eigenvalue weighted by atomic mass is 10.2. The van der Waals surface area contributed by atoms with Gasteiger partial charge in [-0.2, -0.15) is 0 Å². The zero-order valence-corrected chi connectivity index (χ0v) is 13.4. The van der Waals surface area contributed by atoms with Gasteiger partial charge in [-0.15, -0.1) is 11.3 Å². The van der Waals surface area contributed by atoms with E-state index < -0.39 is 9.84 Å². The highest BCUT2D eigenvalue weighted by Crippen LogP contribution is 2.12. The van der Waals surface area contributed by atoms with Crippen LogP contribution in [0.15, 0.2) is 46.7 Å². The zero-order chi connectivity index (χ0) is 14.6. The predicted octanol–water partition coefficient (Wildman–Crippen LogP) is 2.95. The average molecular weight is 325 g/mol. The Labute approximate surface area is 128 Å². The van der Waals surface area contributed by atoms with Crippen LogP contribution in [0.4, 0.5) is 0 Å². The van der Waals surface area contributed by atoms with Crippen LogP contribution in [-0.2, 0) is 16.3 Å². The molecule has 0 atom stereocenters. The minimum Gasteiger partial charge on any atom is -0.365 e. The summed E-state index contributed by atoms with van der Waals surface area (Å²) >= 11 is 6.78. The van der Waals surface area contributed by atoms with Crippen molar-refractivity contribution in [3.05, 3.63) is 52.2 Å². The number of aryl methyl sites for hydroxylation is 1. The molecular weight excluding hydrogens is 310 g/mol. The molecule has 20 heavy (non-hydrogen) atoms. The van der Waals surface area contributed by atoms with E-state index in [2.05, 4.69) is 5.32 Å². The van der Waals surface area contributed by atoms with Gasteiger partial charge in [-0.25, -0.2) is 8.42 Å². The fourth-order valence-electron chi connectivity index (χ4n) is 1.64. The minimum absolute atomic E-state index is 0.166. The van der Waals surface area contributed by atoms with E-state index in [-0.39, 0.29) is 5.88 Å². The summed E-state index contributed by atoms with van der Waals surface area (Å²) in [6.45, 7) is 1.92. The van der Waals surface area contributed by atoms with Crippen LogP contribution in [-0.4, -0.2) is 19.3 Å². The number of thiocarbonyl (C=S) groups is 1. The first kappa shape index (κ1) is 15.2. The molecule has 2 aromatic rings. The fraction of sp³-hybridized carbons (Fsp3) is 0.214. The molecule has 0 saturated carbocycles. The van der Waals surface area contributed by atoms with Crippen molar-refractivity contribution in [1.82, 2.24) is 5.32 Å². The first-order valence-corrected chi connectivity index (χ1v) is 9.00. The lowest BCUT2D eigenvalue weighted by Crippen LogP contribution is -2.29. The van der Waals surface area contributed by atoms with Crippen molar-refractivity contribution in [2.75, 3.05) is 5.88 Å². The standard InChI is InChI=1S/C14H15NO2S3/c1-11-4-6-13(7-5-11)20(16,17)10-15-14(18)9-12-3-2-8-19-12/h2-8H,9-10H2,1H3,(H,15,18). The normalized spacial score (nSPS) is 11.2. The van der Waals surface area contributed by atoms with Crippen LogP contribution in [0.2, 0.25) is 0 Å². The van der Waals surface area contributed by atoms with Gasteiger partial charge in [0.15, 0.2) is 9.84 Å². The van der Waals surface area contributed by atoms with E-state index >= 15 is 0 Å². The van der Waals surface area contributed by atoms with Gasteiger partial charge in [-0.05, 0) is 30.5 Å². The Balaban J connectivity index is 1.95. The van der Waals surface area contributed by atoms with Crippen LogP contribution in [0.1, 0.15) is 10.4 Å². The number of thiophene rings is 1. The van der Waals surface area contributed by atoms with Crippen molar-refractivity contribution in [3.63, 3.8) is 0 Å². The van der Waals surface area contributed by atoms with Crippen LogP contribution in [0, 0.1) is 6.92 Å². The highest BCUT2D eigenvalue weighted by molar-refractivity contribution is 7.91. The molecule has 2 rings (SSSR count). The summed E-state index contributed by atoms with van der Waals surface area (Å²) in [5.74, 6) is -0.166. The Kier molecular flexibility index (Phi) is 4.91. The van der Waals surface area contributed by atoms with Crippen LogP contribution < -0.4 is 5.32 Å². The largest absolute Gasteiger partial charge is 0.365 e. The average Bonchev–Trinajstić information content (AvgIpc) is 2.90. The van der Waals surface area contributed by atoms with E-state index in [1.54, 1.807) is 35.6 Å². The summed E-state index contributed by atoms with van der Waals surface area (Å²) in [6.07, 6.45) is 0.580. The Morgan fingerprint density at radius 3 is 2.55 bits per heavy atom. The lowest BCUT2D eigenvalue weighted by Gasteiger charge is -2.08. The third-order valence-electron chi connectivity index (χ3n) is 2.75. The second-order valence-corrected chi connectivity index (χ2v) is 7.94. The molecule has 1 N–H and O–H groups in total.